The van der Waals surface area contributed by atoms with Crippen molar-refractivity contribution in [2.75, 3.05) is 0 Å². The topological polar surface area (TPSA) is 83.8 Å². The Morgan fingerprint density at radius 1 is 1.04 bits per heavy atom. The van der Waals surface area contributed by atoms with Gasteiger partial charge in [-0.15, -0.1) is 0 Å². The number of aromatic nitrogens is 4. The molecule has 0 aliphatic heterocycles. The molecule has 0 atom stereocenters. The van der Waals surface area contributed by atoms with Gasteiger partial charge in [-0.3, -0.25) is 0 Å². The van der Waals surface area contributed by atoms with Crippen molar-refractivity contribution in [2.24, 2.45) is 0 Å². The summed E-state index contributed by atoms with van der Waals surface area (Å²) in [6.07, 6.45) is 0. The van der Waals surface area contributed by atoms with Gasteiger partial charge in [0.2, 0.25) is 0 Å². The number of nitrogens with one attached hydrogen (secondary N) is 1. The number of imidazole rings is 1. The molecule has 4 rings (SSSR count). The number of hydrogen-bond donors (Lipinski definition) is 2. The second kappa shape index (κ2) is 5.84. The van der Waals surface area contributed by atoms with Crippen LogP contribution in [0.1, 0.15) is 27.6 Å². The zero-order valence-corrected chi connectivity index (χ0v) is 14.7. The zero-order chi connectivity index (χ0) is 18.4. The van der Waals surface area contributed by atoms with Gasteiger partial charge in [-0.2, -0.15) is 5.10 Å². The smallest absolute Gasteiger partial charge is 0.337 e. The fourth-order valence-electron chi connectivity index (χ4n) is 3.26. The fraction of sp³-hybridized carbons (Fsp3) is 0.150. The lowest BCUT2D eigenvalue weighted by molar-refractivity contribution is 0.0699. The highest BCUT2D eigenvalue weighted by molar-refractivity contribution is 6.03. The SMILES string of the molecule is Cc1cc(C)n(-c2ccc(-c3cc(C(=O)O)c4nc(C)[nH]c4c3)cc2)n1. The van der Waals surface area contributed by atoms with Crippen LogP contribution in [0, 0.1) is 20.8 Å². The monoisotopic (exact) mass is 346 g/mol. The third-order valence-corrected chi connectivity index (χ3v) is 4.39. The number of aromatic amines is 1. The average Bonchev–Trinajstić information content (AvgIpc) is 3.14. The Labute approximate surface area is 150 Å². The summed E-state index contributed by atoms with van der Waals surface area (Å²) < 4.78 is 1.89. The van der Waals surface area contributed by atoms with Gasteiger partial charge in [0.05, 0.1) is 22.5 Å². The Morgan fingerprint density at radius 2 is 1.77 bits per heavy atom. The number of H-pyrrole nitrogens is 1. The van der Waals surface area contributed by atoms with Gasteiger partial charge in [-0.05, 0) is 62.2 Å². The molecule has 0 aliphatic carbocycles. The van der Waals surface area contributed by atoms with Crippen LogP contribution in [0.3, 0.4) is 0 Å². The first-order valence-corrected chi connectivity index (χ1v) is 8.30. The normalized spacial score (nSPS) is 11.2. The summed E-state index contributed by atoms with van der Waals surface area (Å²) in [5.41, 5.74) is 6.18. The Bertz CT molecular complexity index is 1140. The van der Waals surface area contributed by atoms with Crippen LogP contribution in [0.15, 0.2) is 42.5 Å². The predicted molar refractivity (Wildman–Crippen MR) is 99.8 cm³/mol. The number of benzene rings is 2. The van der Waals surface area contributed by atoms with E-state index >= 15 is 0 Å². The van der Waals surface area contributed by atoms with Gasteiger partial charge in [0.25, 0.3) is 0 Å². The van der Waals surface area contributed by atoms with Gasteiger partial charge >= 0.3 is 5.97 Å². The van der Waals surface area contributed by atoms with E-state index in [1.54, 1.807) is 6.07 Å². The molecular weight excluding hydrogens is 328 g/mol. The highest BCUT2D eigenvalue weighted by Crippen LogP contribution is 2.28. The lowest BCUT2D eigenvalue weighted by Gasteiger charge is -2.08. The van der Waals surface area contributed by atoms with Gasteiger partial charge in [0.15, 0.2) is 0 Å². The molecular formula is C20H18N4O2. The molecule has 4 aromatic rings. The Morgan fingerprint density at radius 3 is 2.38 bits per heavy atom. The van der Waals surface area contributed by atoms with E-state index in [4.69, 9.17) is 0 Å². The van der Waals surface area contributed by atoms with Crippen molar-refractivity contribution in [2.45, 2.75) is 20.8 Å². The maximum atomic E-state index is 11.6. The number of rotatable bonds is 3. The summed E-state index contributed by atoms with van der Waals surface area (Å²) in [6, 6.07) is 13.5. The molecule has 26 heavy (non-hydrogen) atoms. The minimum absolute atomic E-state index is 0.199. The number of aryl methyl sites for hydroxylation is 3. The summed E-state index contributed by atoms with van der Waals surface area (Å²) in [7, 11) is 0. The molecule has 2 N–H and O–H groups in total. The molecule has 0 saturated heterocycles. The van der Waals surface area contributed by atoms with E-state index in [9.17, 15) is 9.90 Å². The summed E-state index contributed by atoms with van der Waals surface area (Å²) in [6.45, 7) is 5.79. The summed E-state index contributed by atoms with van der Waals surface area (Å²) >= 11 is 0. The van der Waals surface area contributed by atoms with Crippen molar-refractivity contribution in [1.29, 1.82) is 0 Å². The van der Waals surface area contributed by atoms with Crippen LogP contribution >= 0.6 is 0 Å². The number of carbonyl (C=O) groups is 1. The predicted octanol–water partition coefficient (Wildman–Crippen LogP) is 4.04. The quantitative estimate of drug-likeness (QED) is 0.586. The first kappa shape index (κ1) is 16.1. The van der Waals surface area contributed by atoms with Gasteiger partial charge in [-0.25, -0.2) is 14.5 Å². The third-order valence-electron chi connectivity index (χ3n) is 4.39. The molecule has 2 heterocycles. The van der Waals surface area contributed by atoms with Crippen LogP contribution in [-0.4, -0.2) is 30.8 Å². The van der Waals surface area contributed by atoms with Crippen LogP contribution in [0.25, 0.3) is 27.8 Å². The minimum Gasteiger partial charge on any atom is -0.478 e. The van der Waals surface area contributed by atoms with E-state index in [2.05, 4.69) is 15.1 Å². The average molecular weight is 346 g/mol. The van der Waals surface area contributed by atoms with Crippen molar-refractivity contribution < 1.29 is 9.90 Å². The maximum absolute atomic E-state index is 11.6. The lowest BCUT2D eigenvalue weighted by atomic mass is 10.0. The van der Waals surface area contributed by atoms with E-state index in [1.807, 2.05) is 61.9 Å². The summed E-state index contributed by atoms with van der Waals surface area (Å²) in [4.78, 5) is 19.0. The molecule has 130 valence electrons. The zero-order valence-electron chi connectivity index (χ0n) is 14.7. The molecule has 2 aromatic carbocycles. The number of nitrogens with zero attached hydrogens (tertiary/aromatic N) is 3. The van der Waals surface area contributed by atoms with Crippen LogP contribution in [0.2, 0.25) is 0 Å². The number of carboxylic acid groups (broad SMARTS) is 1. The molecule has 0 amide bonds. The molecule has 0 bridgehead atoms. The van der Waals surface area contributed by atoms with Crippen LogP contribution in [0.4, 0.5) is 0 Å². The molecule has 0 aliphatic rings. The highest BCUT2D eigenvalue weighted by atomic mass is 16.4. The van der Waals surface area contributed by atoms with Gasteiger partial charge in [-0.1, -0.05) is 12.1 Å². The third kappa shape index (κ3) is 2.65. The highest BCUT2D eigenvalue weighted by Gasteiger charge is 2.15. The fourth-order valence-corrected chi connectivity index (χ4v) is 3.26. The van der Waals surface area contributed by atoms with Crippen molar-refractivity contribution >= 4 is 17.0 Å². The number of aromatic carboxylic acids is 1. The molecule has 6 heteroatoms. The Kier molecular flexibility index (Phi) is 3.61. The Balaban J connectivity index is 1.80. The number of hydrogen-bond acceptors (Lipinski definition) is 3. The maximum Gasteiger partial charge on any atom is 0.337 e. The molecule has 0 unspecified atom stereocenters. The molecule has 0 spiro atoms. The summed E-state index contributed by atoms with van der Waals surface area (Å²) in [5, 5.41) is 14.0. The van der Waals surface area contributed by atoms with Gasteiger partial charge in [0.1, 0.15) is 11.3 Å². The van der Waals surface area contributed by atoms with Crippen LogP contribution in [-0.2, 0) is 0 Å². The standard InChI is InChI=1S/C20H18N4O2/c1-11-8-12(2)24(23-11)16-6-4-14(5-7-16)15-9-17(20(25)26)19-18(10-15)21-13(3)22-19/h4-10H,1-3H3,(H,21,22)(H,25,26). The minimum atomic E-state index is -0.984. The van der Waals surface area contributed by atoms with Crippen molar-refractivity contribution in [1.82, 2.24) is 19.7 Å². The van der Waals surface area contributed by atoms with Crippen LogP contribution < -0.4 is 0 Å². The Hall–Kier alpha value is -3.41. The molecule has 2 aromatic heterocycles. The van der Waals surface area contributed by atoms with Crippen molar-refractivity contribution in [3.8, 4) is 16.8 Å². The lowest BCUT2D eigenvalue weighted by Crippen LogP contribution is -1.99. The first-order chi connectivity index (χ1) is 12.4. The largest absolute Gasteiger partial charge is 0.478 e. The summed E-state index contributed by atoms with van der Waals surface area (Å²) in [5.74, 6) is -0.290. The second-order valence-corrected chi connectivity index (χ2v) is 6.43. The van der Waals surface area contributed by atoms with E-state index in [-0.39, 0.29) is 5.56 Å². The van der Waals surface area contributed by atoms with Crippen molar-refractivity contribution in [3.63, 3.8) is 0 Å². The number of carboxylic acids is 1. The van der Waals surface area contributed by atoms with Crippen molar-refractivity contribution in [3.05, 3.63) is 65.2 Å². The first-order valence-electron chi connectivity index (χ1n) is 8.30. The number of fused-ring (bicyclic) bond motifs is 1. The van der Waals surface area contributed by atoms with Gasteiger partial charge < -0.3 is 10.1 Å². The second-order valence-electron chi connectivity index (χ2n) is 6.43. The van der Waals surface area contributed by atoms with Crippen LogP contribution in [0.5, 0.6) is 0 Å². The molecule has 0 radical (unpaired) electrons. The van der Waals surface area contributed by atoms with E-state index in [0.717, 1.165) is 33.7 Å². The van der Waals surface area contributed by atoms with E-state index in [1.165, 1.54) is 0 Å². The molecule has 0 fully saturated rings. The van der Waals surface area contributed by atoms with E-state index < -0.39 is 5.97 Å². The van der Waals surface area contributed by atoms with Gasteiger partial charge in [0, 0.05) is 5.69 Å². The molecule has 6 nitrogen and oxygen atoms in total. The molecule has 0 saturated carbocycles. The van der Waals surface area contributed by atoms with E-state index in [0.29, 0.717) is 11.3 Å².